The minimum Gasteiger partial charge on any atom is -0.338 e. The molecule has 0 aromatic carbocycles. The molecule has 1 N–H and O–H groups in total. The van der Waals surface area contributed by atoms with Crippen LogP contribution in [0.3, 0.4) is 0 Å². The van der Waals surface area contributed by atoms with Gasteiger partial charge in [0, 0.05) is 18.6 Å². The molecule has 2 aliphatic rings. The number of amides is 1. The molecule has 0 aromatic heterocycles. The average Bonchev–Trinajstić information content (AvgIpc) is 3.03. The van der Waals surface area contributed by atoms with E-state index in [1.165, 1.54) is 19.3 Å². The van der Waals surface area contributed by atoms with Gasteiger partial charge in [0.1, 0.15) is 0 Å². The molecular weight excluding hydrogens is 200 g/mol. The molecule has 0 spiro atoms. The molecule has 1 heterocycles. The van der Waals surface area contributed by atoms with Crippen molar-refractivity contribution in [1.82, 2.24) is 10.2 Å². The van der Waals surface area contributed by atoms with E-state index < -0.39 is 0 Å². The van der Waals surface area contributed by atoms with Crippen molar-refractivity contribution in [3.05, 3.63) is 0 Å². The topological polar surface area (TPSA) is 32.3 Å². The summed E-state index contributed by atoms with van der Waals surface area (Å²) in [5.41, 5.74) is 0. The fraction of sp³-hybridized carbons (Fsp3) is 0.923. The van der Waals surface area contributed by atoms with Gasteiger partial charge in [0.05, 0.1) is 6.04 Å². The molecule has 3 heteroatoms. The number of hydrogen-bond acceptors (Lipinski definition) is 2. The van der Waals surface area contributed by atoms with Gasteiger partial charge in [-0.15, -0.1) is 0 Å². The van der Waals surface area contributed by atoms with E-state index in [0.29, 0.717) is 18.0 Å². The highest BCUT2D eigenvalue weighted by Gasteiger charge is 2.37. The highest BCUT2D eigenvalue weighted by atomic mass is 16.2. The third kappa shape index (κ3) is 2.57. The predicted molar refractivity (Wildman–Crippen MR) is 65.3 cm³/mol. The molecule has 1 aliphatic heterocycles. The second-order valence-electron chi connectivity index (χ2n) is 5.16. The Morgan fingerprint density at radius 2 is 2.12 bits per heavy atom. The minimum atomic E-state index is 0.124. The molecule has 16 heavy (non-hydrogen) atoms. The number of hydrogen-bond donors (Lipinski definition) is 1. The predicted octanol–water partition coefficient (Wildman–Crippen LogP) is 1.92. The van der Waals surface area contributed by atoms with E-state index in [1.54, 1.807) is 0 Å². The maximum Gasteiger partial charge on any atom is 0.240 e. The highest BCUT2D eigenvalue weighted by Crippen LogP contribution is 2.24. The monoisotopic (exact) mass is 224 g/mol. The van der Waals surface area contributed by atoms with Crippen molar-refractivity contribution >= 4 is 5.91 Å². The van der Waals surface area contributed by atoms with E-state index in [4.69, 9.17) is 0 Å². The Hall–Kier alpha value is -0.570. The molecule has 2 unspecified atom stereocenters. The Labute approximate surface area is 98.6 Å². The second kappa shape index (κ2) is 5.17. The van der Waals surface area contributed by atoms with Crippen LogP contribution in [0.25, 0.3) is 0 Å². The van der Waals surface area contributed by atoms with E-state index in [2.05, 4.69) is 24.1 Å². The summed E-state index contributed by atoms with van der Waals surface area (Å²) in [5, 5.41) is 3.46. The van der Waals surface area contributed by atoms with Crippen LogP contribution in [-0.4, -0.2) is 35.5 Å². The van der Waals surface area contributed by atoms with Gasteiger partial charge < -0.3 is 10.2 Å². The quantitative estimate of drug-likeness (QED) is 0.747. The van der Waals surface area contributed by atoms with Crippen molar-refractivity contribution in [3.8, 4) is 0 Å². The van der Waals surface area contributed by atoms with Gasteiger partial charge in [-0.1, -0.05) is 20.3 Å². The Bertz CT molecular complexity index is 250. The Morgan fingerprint density at radius 3 is 2.69 bits per heavy atom. The molecular formula is C13H24N2O. The first-order valence-electron chi connectivity index (χ1n) is 6.82. The van der Waals surface area contributed by atoms with Crippen molar-refractivity contribution < 1.29 is 4.79 Å². The Balaban J connectivity index is 1.88. The summed E-state index contributed by atoms with van der Waals surface area (Å²) in [7, 11) is 0. The first-order chi connectivity index (χ1) is 7.76. The molecule has 0 aromatic rings. The second-order valence-corrected chi connectivity index (χ2v) is 5.16. The van der Waals surface area contributed by atoms with Gasteiger partial charge in [-0.2, -0.15) is 0 Å². The maximum absolute atomic E-state index is 12.2. The average molecular weight is 224 g/mol. The van der Waals surface area contributed by atoms with Crippen LogP contribution in [0.1, 0.15) is 52.4 Å². The smallest absolute Gasteiger partial charge is 0.240 e. The molecule has 92 valence electrons. The molecule has 0 bridgehead atoms. The summed E-state index contributed by atoms with van der Waals surface area (Å²) in [6.45, 7) is 5.35. The molecule has 1 saturated carbocycles. The van der Waals surface area contributed by atoms with E-state index in [-0.39, 0.29) is 6.04 Å². The summed E-state index contributed by atoms with van der Waals surface area (Å²) in [4.78, 5) is 14.3. The number of likely N-dealkylation sites (tertiary alicyclic amines) is 1. The molecule has 0 radical (unpaired) electrons. The van der Waals surface area contributed by atoms with Crippen LogP contribution in [0, 0.1) is 0 Å². The molecule has 2 atom stereocenters. The number of nitrogens with one attached hydrogen (secondary N) is 1. The number of nitrogens with zero attached hydrogens (tertiary/aromatic N) is 1. The lowest BCUT2D eigenvalue weighted by Gasteiger charge is -2.27. The summed E-state index contributed by atoms with van der Waals surface area (Å²) in [6.07, 6.45) is 6.94. The van der Waals surface area contributed by atoms with Crippen LogP contribution in [0.15, 0.2) is 0 Å². The van der Waals surface area contributed by atoms with Gasteiger partial charge >= 0.3 is 0 Å². The van der Waals surface area contributed by atoms with E-state index in [0.717, 1.165) is 25.8 Å². The summed E-state index contributed by atoms with van der Waals surface area (Å²) in [6, 6.07) is 1.24. The van der Waals surface area contributed by atoms with Gasteiger partial charge in [0.2, 0.25) is 5.91 Å². The lowest BCUT2D eigenvalue weighted by atomic mass is 10.1. The van der Waals surface area contributed by atoms with E-state index >= 15 is 0 Å². The van der Waals surface area contributed by atoms with Crippen LogP contribution in [0.4, 0.5) is 0 Å². The number of carbonyl (C=O) groups is 1. The molecule has 1 saturated heterocycles. The van der Waals surface area contributed by atoms with Gasteiger partial charge in [0.15, 0.2) is 0 Å². The van der Waals surface area contributed by atoms with E-state index in [9.17, 15) is 4.79 Å². The highest BCUT2D eigenvalue weighted by molar-refractivity contribution is 5.84. The zero-order chi connectivity index (χ0) is 11.5. The lowest BCUT2D eigenvalue weighted by Crippen LogP contribution is -2.43. The van der Waals surface area contributed by atoms with Crippen LogP contribution < -0.4 is 5.32 Å². The normalized spacial score (nSPS) is 27.5. The third-order valence-electron chi connectivity index (χ3n) is 3.79. The first-order valence-corrected chi connectivity index (χ1v) is 6.82. The standard InChI is InChI=1S/C13H24N2O/c1-3-5-11(4-2)15-9-8-12(13(15)16)14-10-6-7-10/h10-12,14H,3-9H2,1-2H3. The first kappa shape index (κ1) is 11.9. The van der Waals surface area contributed by atoms with Gasteiger partial charge in [-0.3, -0.25) is 4.79 Å². The zero-order valence-corrected chi connectivity index (χ0v) is 10.5. The van der Waals surface area contributed by atoms with Crippen molar-refractivity contribution in [2.24, 2.45) is 0 Å². The van der Waals surface area contributed by atoms with Crippen LogP contribution in [0.2, 0.25) is 0 Å². The van der Waals surface area contributed by atoms with Gasteiger partial charge in [-0.25, -0.2) is 0 Å². The van der Waals surface area contributed by atoms with Crippen molar-refractivity contribution in [1.29, 1.82) is 0 Å². The lowest BCUT2D eigenvalue weighted by molar-refractivity contribution is -0.131. The Morgan fingerprint density at radius 1 is 1.38 bits per heavy atom. The van der Waals surface area contributed by atoms with Crippen LogP contribution >= 0.6 is 0 Å². The molecule has 3 nitrogen and oxygen atoms in total. The largest absolute Gasteiger partial charge is 0.338 e. The van der Waals surface area contributed by atoms with E-state index in [1.807, 2.05) is 0 Å². The van der Waals surface area contributed by atoms with Crippen molar-refractivity contribution in [3.63, 3.8) is 0 Å². The fourth-order valence-electron chi connectivity index (χ4n) is 2.67. The van der Waals surface area contributed by atoms with Crippen LogP contribution in [0.5, 0.6) is 0 Å². The van der Waals surface area contributed by atoms with Crippen molar-refractivity contribution in [2.45, 2.75) is 70.5 Å². The van der Waals surface area contributed by atoms with Gasteiger partial charge in [-0.05, 0) is 32.1 Å². The Kier molecular flexibility index (Phi) is 3.85. The minimum absolute atomic E-state index is 0.124. The molecule has 2 rings (SSSR count). The SMILES string of the molecule is CCCC(CC)N1CCC(NC2CC2)C1=O. The zero-order valence-electron chi connectivity index (χ0n) is 10.5. The van der Waals surface area contributed by atoms with Crippen LogP contribution in [-0.2, 0) is 4.79 Å². The maximum atomic E-state index is 12.2. The summed E-state index contributed by atoms with van der Waals surface area (Å²) in [5.74, 6) is 0.354. The number of carbonyl (C=O) groups excluding carboxylic acids is 1. The fourth-order valence-corrected chi connectivity index (χ4v) is 2.67. The number of rotatable bonds is 6. The summed E-state index contributed by atoms with van der Waals surface area (Å²) < 4.78 is 0. The molecule has 1 aliphatic carbocycles. The molecule has 1 amide bonds. The molecule has 2 fully saturated rings. The third-order valence-corrected chi connectivity index (χ3v) is 3.79. The van der Waals surface area contributed by atoms with Gasteiger partial charge in [0.25, 0.3) is 0 Å². The summed E-state index contributed by atoms with van der Waals surface area (Å²) >= 11 is 0. The van der Waals surface area contributed by atoms with Crippen molar-refractivity contribution in [2.75, 3.05) is 6.54 Å².